The first-order valence-corrected chi connectivity index (χ1v) is 11.0. The summed E-state index contributed by atoms with van der Waals surface area (Å²) in [6, 6.07) is 33.0. The summed E-state index contributed by atoms with van der Waals surface area (Å²) in [5.74, 6) is -0.538. The van der Waals surface area contributed by atoms with Crippen LogP contribution in [0.4, 0.5) is 20.2 Å². The minimum atomic E-state index is -0.269. The first kappa shape index (κ1) is 23.0. The normalized spacial score (nSPS) is 11.9. The maximum Gasteiger partial charge on any atom is 0.123 e. The van der Waals surface area contributed by atoms with E-state index in [9.17, 15) is 8.78 Å². The van der Waals surface area contributed by atoms with Gasteiger partial charge in [-0.1, -0.05) is 60.7 Å². The largest absolute Gasteiger partial charge is 0.344 e. The Hall–Kier alpha value is -4.18. The van der Waals surface area contributed by atoms with E-state index in [0.29, 0.717) is 0 Å². The van der Waals surface area contributed by atoms with E-state index in [0.717, 1.165) is 33.9 Å². The predicted octanol–water partition coefficient (Wildman–Crippen LogP) is 7.62. The second-order valence-electron chi connectivity index (χ2n) is 7.91. The summed E-state index contributed by atoms with van der Waals surface area (Å²) in [4.78, 5) is 4.07. The van der Waals surface area contributed by atoms with Gasteiger partial charge in [0.2, 0.25) is 0 Å². The predicted molar refractivity (Wildman–Crippen MR) is 138 cm³/mol. The summed E-state index contributed by atoms with van der Waals surface area (Å²) in [7, 11) is 3.93. The van der Waals surface area contributed by atoms with Crippen LogP contribution in [0.5, 0.6) is 0 Å². The molecular weight excluding hydrogens is 426 g/mol. The van der Waals surface area contributed by atoms with Crippen LogP contribution < -0.4 is 9.80 Å². The zero-order valence-corrected chi connectivity index (χ0v) is 19.2. The highest BCUT2D eigenvalue weighted by Gasteiger charge is 2.12. The molecule has 0 aliphatic rings. The number of allylic oxidation sites excluding steroid dienone is 2. The Labute approximate surface area is 199 Å². The second-order valence-corrected chi connectivity index (χ2v) is 7.91. The number of anilines is 2. The topological polar surface area (TPSA) is 6.48 Å². The minimum absolute atomic E-state index is 0.269. The molecule has 170 valence electrons. The van der Waals surface area contributed by atoms with E-state index >= 15 is 0 Å². The van der Waals surface area contributed by atoms with Gasteiger partial charge in [0, 0.05) is 36.9 Å². The van der Waals surface area contributed by atoms with Crippen molar-refractivity contribution >= 4 is 22.8 Å². The molecule has 0 aliphatic heterocycles. The molecule has 0 spiro atoms. The Bertz CT molecular complexity index is 1160. The Kier molecular flexibility index (Phi) is 7.19. The van der Waals surface area contributed by atoms with E-state index in [1.54, 1.807) is 24.3 Å². The fraction of sp³-hybridized carbons (Fsp3) is 0.0667. The Balaban J connectivity index is 1.82. The molecule has 0 N–H and O–H groups in total. The summed E-state index contributed by atoms with van der Waals surface area (Å²) in [5.41, 5.74) is 5.71. The molecule has 0 bridgehead atoms. The maximum absolute atomic E-state index is 13.5. The molecule has 0 amide bonds. The van der Waals surface area contributed by atoms with E-state index in [2.05, 4.69) is 12.2 Å². The molecule has 4 rings (SSSR count). The molecule has 0 aromatic heterocycles. The molecule has 2 nitrogen and oxygen atoms in total. The Morgan fingerprint density at radius 1 is 0.500 bits per heavy atom. The number of hydrogen-bond donors (Lipinski definition) is 0. The van der Waals surface area contributed by atoms with Crippen LogP contribution in [0, 0.1) is 11.6 Å². The van der Waals surface area contributed by atoms with Crippen molar-refractivity contribution in [1.29, 1.82) is 0 Å². The molecular formula is C30H26F2N2. The van der Waals surface area contributed by atoms with Crippen molar-refractivity contribution in [2.45, 2.75) is 0 Å². The number of benzene rings is 4. The standard InChI is InChI=1S/C30H26F2N2/c1-33(27-17-13-25(31)14-18-27)29(23-9-5-3-6-10-23)21-22-30(24-11-7-4-8-12-24)34(2)28-19-15-26(32)16-20-28/h3-22H,1-2H3/b29-21-,30-22-. The van der Waals surface area contributed by atoms with Gasteiger partial charge in [-0.15, -0.1) is 0 Å². The van der Waals surface area contributed by atoms with E-state index in [-0.39, 0.29) is 11.6 Å². The van der Waals surface area contributed by atoms with Crippen molar-refractivity contribution < 1.29 is 8.78 Å². The van der Waals surface area contributed by atoms with Crippen molar-refractivity contribution in [1.82, 2.24) is 0 Å². The molecule has 0 atom stereocenters. The summed E-state index contributed by atoms with van der Waals surface area (Å²) in [6.45, 7) is 0. The molecule has 0 saturated carbocycles. The summed E-state index contributed by atoms with van der Waals surface area (Å²) < 4.78 is 27.0. The van der Waals surface area contributed by atoms with Crippen LogP contribution in [0.1, 0.15) is 11.1 Å². The molecule has 34 heavy (non-hydrogen) atoms. The Morgan fingerprint density at radius 2 is 0.824 bits per heavy atom. The van der Waals surface area contributed by atoms with E-state index in [1.165, 1.54) is 24.3 Å². The van der Waals surface area contributed by atoms with Gasteiger partial charge >= 0.3 is 0 Å². The summed E-state index contributed by atoms with van der Waals surface area (Å²) in [5, 5.41) is 0. The van der Waals surface area contributed by atoms with Crippen LogP contribution >= 0.6 is 0 Å². The highest BCUT2D eigenvalue weighted by Crippen LogP contribution is 2.28. The molecule has 0 heterocycles. The highest BCUT2D eigenvalue weighted by molar-refractivity contribution is 5.84. The Morgan fingerprint density at radius 3 is 1.15 bits per heavy atom. The van der Waals surface area contributed by atoms with Gasteiger partial charge in [-0.25, -0.2) is 8.78 Å². The van der Waals surface area contributed by atoms with E-state index < -0.39 is 0 Å². The van der Waals surface area contributed by atoms with Crippen LogP contribution in [0.15, 0.2) is 121 Å². The van der Waals surface area contributed by atoms with Crippen molar-refractivity contribution in [3.8, 4) is 0 Å². The van der Waals surface area contributed by atoms with Gasteiger partial charge in [0.15, 0.2) is 0 Å². The van der Waals surface area contributed by atoms with E-state index in [1.807, 2.05) is 84.6 Å². The van der Waals surface area contributed by atoms with Crippen LogP contribution in [0.3, 0.4) is 0 Å². The zero-order chi connectivity index (χ0) is 23.9. The molecule has 0 fully saturated rings. The number of hydrogen-bond acceptors (Lipinski definition) is 2. The molecule has 0 unspecified atom stereocenters. The first-order chi connectivity index (χ1) is 16.5. The number of rotatable bonds is 7. The van der Waals surface area contributed by atoms with Gasteiger partial charge in [-0.2, -0.15) is 0 Å². The zero-order valence-electron chi connectivity index (χ0n) is 19.2. The lowest BCUT2D eigenvalue weighted by Gasteiger charge is -2.25. The minimum Gasteiger partial charge on any atom is -0.344 e. The lowest BCUT2D eigenvalue weighted by molar-refractivity contribution is 0.627. The highest BCUT2D eigenvalue weighted by atomic mass is 19.1. The quantitative estimate of drug-likeness (QED) is 0.266. The molecule has 4 heteroatoms. The third-order valence-electron chi connectivity index (χ3n) is 5.69. The van der Waals surface area contributed by atoms with E-state index in [4.69, 9.17) is 0 Å². The summed E-state index contributed by atoms with van der Waals surface area (Å²) in [6.07, 6.45) is 4.11. The average molecular weight is 453 g/mol. The van der Waals surface area contributed by atoms with Crippen molar-refractivity contribution in [2.24, 2.45) is 0 Å². The van der Waals surface area contributed by atoms with Gasteiger partial charge < -0.3 is 9.80 Å². The molecule has 0 radical (unpaired) electrons. The van der Waals surface area contributed by atoms with Gasteiger partial charge in [-0.3, -0.25) is 0 Å². The number of nitrogens with zero attached hydrogens (tertiary/aromatic N) is 2. The molecule has 4 aromatic rings. The fourth-order valence-corrected chi connectivity index (χ4v) is 3.79. The lowest BCUT2D eigenvalue weighted by atomic mass is 10.1. The van der Waals surface area contributed by atoms with Crippen molar-refractivity contribution in [2.75, 3.05) is 23.9 Å². The molecule has 0 aliphatic carbocycles. The number of halogens is 2. The average Bonchev–Trinajstić information content (AvgIpc) is 2.88. The lowest BCUT2D eigenvalue weighted by Crippen LogP contribution is -2.17. The fourth-order valence-electron chi connectivity index (χ4n) is 3.79. The summed E-state index contributed by atoms with van der Waals surface area (Å²) >= 11 is 0. The molecule has 4 aromatic carbocycles. The second kappa shape index (κ2) is 10.6. The van der Waals surface area contributed by atoms with Crippen molar-refractivity contribution in [3.63, 3.8) is 0 Å². The van der Waals surface area contributed by atoms with Crippen LogP contribution in [0.25, 0.3) is 11.4 Å². The van der Waals surface area contributed by atoms with Gasteiger partial charge in [0.25, 0.3) is 0 Å². The SMILES string of the molecule is CN(/C(=C\C=C(\c1ccccc1)N(C)c1ccc(F)cc1)c1ccccc1)c1ccc(F)cc1. The van der Waals surface area contributed by atoms with Crippen LogP contribution in [0.2, 0.25) is 0 Å². The smallest absolute Gasteiger partial charge is 0.123 e. The van der Waals surface area contributed by atoms with Gasteiger partial charge in [-0.05, 0) is 71.8 Å². The van der Waals surface area contributed by atoms with Gasteiger partial charge in [0.05, 0.1) is 0 Å². The van der Waals surface area contributed by atoms with Crippen LogP contribution in [-0.2, 0) is 0 Å². The third kappa shape index (κ3) is 5.41. The third-order valence-corrected chi connectivity index (χ3v) is 5.69. The van der Waals surface area contributed by atoms with Crippen LogP contribution in [-0.4, -0.2) is 14.1 Å². The first-order valence-electron chi connectivity index (χ1n) is 11.0. The van der Waals surface area contributed by atoms with Crippen molar-refractivity contribution in [3.05, 3.63) is 144 Å². The monoisotopic (exact) mass is 452 g/mol. The van der Waals surface area contributed by atoms with Gasteiger partial charge in [0.1, 0.15) is 11.6 Å². The molecule has 0 saturated heterocycles. The maximum atomic E-state index is 13.5.